The number of Topliss-reactive ketones (excluding diaryl/α,β-unsaturated/α-hetero) is 1. The molecular formula is C26H29FN6O8. The molecule has 1 aromatic rings. The molecule has 3 atom stereocenters. The number of oxime groups is 1. The van der Waals surface area contributed by atoms with Gasteiger partial charge in [0, 0.05) is 31.2 Å². The molecule has 3 N–H and O–H groups in total. The van der Waals surface area contributed by atoms with Gasteiger partial charge >= 0.3 is 5.97 Å². The smallest absolute Gasteiger partial charge is 0.340 e. The van der Waals surface area contributed by atoms with Crippen molar-refractivity contribution in [1.29, 1.82) is 0 Å². The summed E-state index contributed by atoms with van der Waals surface area (Å²) < 4.78 is 25.7. The number of carbonyl (C=O) groups excluding carboxylic acids is 1. The van der Waals surface area contributed by atoms with Gasteiger partial charge < -0.3 is 35.0 Å². The van der Waals surface area contributed by atoms with Gasteiger partial charge in [-0.1, -0.05) is 5.16 Å². The third-order valence-corrected chi connectivity index (χ3v) is 7.50. The van der Waals surface area contributed by atoms with Crippen LogP contribution in [0, 0.1) is 22.0 Å². The summed E-state index contributed by atoms with van der Waals surface area (Å²) in [5.74, 6) is -3.61. The van der Waals surface area contributed by atoms with Gasteiger partial charge in [0.15, 0.2) is 28.9 Å². The molecule has 0 radical (unpaired) electrons. The second-order valence-corrected chi connectivity index (χ2v) is 10.1. The third-order valence-electron chi connectivity index (χ3n) is 7.50. The number of methoxy groups -OCH3 is 2. The van der Waals surface area contributed by atoms with Gasteiger partial charge in [0.2, 0.25) is 0 Å². The van der Waals surface area contributed by atoms with Crippen LogP contribution in [-0.2, 0) is 21.0 Å². The van der Waals surface area contributed by atoms with Crippen molar-refractivity contribution in [3.8, 4) is 11.5 Å². The number of ketones is 1. The van der Waals surface area contributed by atoms with E-state index in [1.165, 1.54) is 32.6 Å². The van der Waals surface area contributed by atoms with Crippen molar-refractivity contribution < 1.29 is 38.3 Å². The molecule has 3 aliphatic heterocycles. The number of rotatable bonds is 9. The number of likely N-dealkylation sites (tertiary alicyclic amines) is 1. The fraction of sp³-hybridized carbons (Fsp3) is 0.462. The summed E-state index contributed by atoms with van der Waals surface area (Å²) in [6, 6.07) is 2.71. The number of benzene rings is 1. The highest BCUT2D eigenvalue weighted by molar-refractivity contribution is 6.19. The maximum Gasteiger partial charge on any atom is 0.340 e. The van der Waals surface area contributed by atoms with E-state index in [1.807, 2.05) is 0 Å². The Morgan fingerprint density at radius 3 is 2.61 bits per heavy atom. The van der Waals surface area contributed by atoms with Gasteiger partial charge in [-0.3, -0.25) is 14.9 Å². The molecular weight excluding hydrogens is 543 g/mol. The number of nitrogens with zero attached hydrogens (tertiary/aromatic N) is 5. The van der Waals surface area contributed by atoms with Crippen LogP contribution in [0.1, 0.15) is 18.4 Å². The quantitative estimate of drug-likeness (QED) is 0.249. The second kappa shape index (κ2) is 11.2. The highest BCUT2D eigenvalue weighted by atomic mass is 19.1. The van der Waals surface area contributed by atoms with Gasteiger partial charge in [-0.25, -0.2) is 14.2 Å². The van der Waals surface area contributed by atoms with Gasteiger partial charge in [-0.15, -0.1) is 0 Å². The number of dihydropyridines is 1. The maximum atomic E-state index is 15.4. The Balaban J connectivity index is 1.36. The van der Waals surface area contributed by atoms with Crippen molar-refractivity contribution in [2.75, 3.05) is 33.9 Å². The van der Waals surface area contributed by atoms with Crippen LogP contribution < -0.4 is 15.2 Å². The largest absolute Gasteiger partial charge is 0.493 e. The predicted molar refractivity (Wildman–Crippen MR) is 142 cm³/mol. The number of hydrogen-bond donors (Lipinski definition) is 2. The Morgan fingerprint density at radius 2 is 2.00 bits per heavy atom. The first-order valence-electron chi connectivity index (χ1n) is 12.9. The highest BCUT2D eigenvalue weighted by Crippen LogP contribution is 2.39. The normalized spacial score (nSPS) is 24.9. The van der Waals surface area contributed by atoms with Crippen LogP contribution in [0.15, 0.2) is 46.0 Å². The zero-order valence-electron chi connectivity index (χ0n) is 22.4. The van der Waals surface area contributed by atoms with Crippen molar-refractivity contribution in [2.45, 2.75) is 31.7 Å². The molecule has 0 amide bonds. The van der Waals surface area contributed by atoms with Crippen LogP contribution >= 0.6 is 0 Å². The van der Waals surface area contributed by atoms with Crippen molar-refractivity contribution in [1.82, 2.24) is 9.80 Å². The first-order chi connectivity index (χ1) is 19.7. The van der Waals surface area contributed by atoms with Gasteiger partial charge in [0.05, 0.1) is 48.9 Å². The molecule has 3 unspecified atom stereocenters. The SMILES string of the molecule is COc1cc(CO/N=C2/CN(C3=NC4C(C=C3F)C(=O)C(C(=O)O)=CN4C3CC3)CC2CN)c([N+](=O)[O-])cc1OC. The molecule has 0 bridgehead atoms. The number of aliphatic imine (C=N–C) groups is 1. The van der Waals surface area contributed by atoms with E-state index in [-0.39, 0.29) is 66.6 Å². The summed E-state index contributed by atoms with van der Waals surface area (Å²) in [6.07, 6.45) is 3.35. The Morgan fingerprint density at radius 1 is 1.29 bits per heavy atom. The lowest BCUT2D eigenvalue weighted by atomic mass is 9.88. The number of nitrogens with two attached hydrogens (primary N) is 1. The molecule has 1 aromatic carbocycles. The fourth-order valence-corrected chi connectivity index (χ4v) is 5.22. The zero-order valence-corrected chi connectivity index (χ0v) is 22.4. The molecule has 0 aromatic heterocycles. The Bertz CT molecular complexity index is 1400. The number of nitro groups is 1. The van der Waals surface area contributed by atoms with Crippen LogP contribution in [0.4, 0.5) is 10.1 Å². The summed E-state index contributed by atoms with van der Waals surface area (Å²) >= 11 is 0. The number of nitro benzene ring substituents is 1. The standard InChI is InChI=1S/C26H29FN6O8/c1-39-21-5-13(20(33(37)38)7-22(21)40-2)12-41-30-19-11-31(9-14(19)8-28)25-18(27)6-16-23(34)17(26(35)36)10-32(15-3-4-15)24(16)29-25/h5-7,10,14-16,24H,3-4,8-9,11-12,28H2,1-2H3,(H,35,36)/b30-19-. The summed E-state index contributed by atoms with van der Waals surface area (Å²) in [5.41, 5.74) is 6.06. The number of carboxylic acids is 1. The summed E-state index contributed by atoms with van der Waals surface area (Å²) in [4.78, 5) is 48.9. The maximum absolute atomic E-state index is 15.4. The molecule has 1 saturated heterocycles. The Kier molecular flexibility index (Phi) is 7.62. The minimum Gasteiger partial charge on any atom is -0.493 e. The highest BCUT2D eigenvalue weighted by Gasteiger charge is 2.47. The summed E-state index contributed by atoms with van der Waals surface area (Å²) in [5, 5.41) is 25.2. The van der Waals surface area contributed by atoms with Crippen LogP contribution in [0.2, 0.25) is 0 Å². The lowest BCUT2D eigenvalue weighted by Crippen LogP contribution is -2.49. The second-order valence-electron chi connectivity index (χ2n) is 10.1. The van der Waals surface area contributed by atoms with Gasteiger partial charge in [0.25, 0.3) is 5.69 Å². The first-order valence-corrected chi connectivity index (χ1v) is 12.9. The summed E-state index contributed by atoms with van der Waals surface area (Å²) in [7, 11) is 2.78. The van der Waals surface area contributed by atoms with E-state index in [0.29, 0.717) is 11.5 Å². The van der Waals surface area contributed by atoms with Crippen molar-refractivity contribution in [3.63, 3.8) is 0 Å². The molecule has 15 heteroatoms. The summed E-state index contributed by atoms with van der Waals surface area (Å²) in [6.45, 7) is 0.339. The number of aliphatic carboxylic acids is 1. The van der Waals surface area contributed by atoms with E-state index >= 15 is 4.39 Å². The molecule has 5 rings (SSSR count). The molecule has 14 nitrogen and oxygen atoms in total. The average Bonchev–Trinajstić information content (AvgIpc) is 3.72. The number of ether oxygens (including phenoxy) is 2. The van der Waals surface area contributed by atoms with Gasteiger partial charge in [-0.05, 0) is 25.0 Å². The van der Waals surface area contributed by atoms with Crippen LogP contribution in [0.5, 0.6) is 11.5 Å². The Labute approximate surface area is 233 Å². The molecule has 0 spiro atoms. The third kappa shape index (κ3) is 5.31. The van der Waals surface area contributed by atoms with E-state index in [0.717, 1.165) is 18.9 Å². The van der Waals surface area contributed by atoms with Crippen molar-refractivity contribution in [2.24, 2.45) is 27.7 Å². The van der Waals surface area contributed by atoms with Crippen LogP contribution in [0.25, 0.3) is 0 Å². The average molecular weight is 573 g/mol. The first kappa shape index (κ1) is 28.0. The van der Waals surface area contributed by atoms with E-state index in [9.17, 15) is 24.8 Å². The number of carboxylic acid groups (broad SMARTS) is 1. The minimum atomic E-state index is -1.35. The number of hydrogen-bond acceptors (Lipinski definition) is 12. The van der Waals surface area contributed by atoms with Gasteiger partial charge in [0.1, 0.15) is 18.3 Å². The van der Waals surface area contributed by atoms with E-state index < -0.39 is 34.6 Å². The fourth-order valence-electron chi connectivity index (χ4n) is 5.22. The van der Waals surface area contributed by atoms with Crippen LogP contribution in [-0.4, -0.2) is 89.2 Å². The molecule has 3 heterocycles. The van der Waals surface area contributed by atoms with E-state index in [2.05, 4.69) is 10.1 Å². The predicted octanol–water partition coefficient (Wildman–Crippen LogP) is 1.60. The molecule has 218 valence electrons. The topological polar surface area (TPSA) is 182 Å². The Hall–Kier alpha value is -4.53. The number of halogens is 1. The van der Waals surface area contributed by atoms with Gasteiger partial charge in [-0.2, -0.15) is 0 Å². The lowest BCUT2D eigenvalue weighted by Gasteiger charge is -2.39. The monoisotopic (exact) mass is 572 g/mol. The van der Waals surface area contributed by atoms with E-state index in [4.69, 9.17) is 20.0 Å². The number of fused-ring (bicyclic) bond motifs is 1. The molecule has 41 heavy (non-hydrogen) atoms. The number of carbonyl (C=O) groups is 2. The van der Waals surface area contributed by atoms with Crippen molar-refractivity contribution in [3.05, 3.63) is 51.5 Å². The lowest BCUT2D eigenvalue weighted by molar-refractivity contribution is -0.386. The zero-order chi connectivity index (χ0) is 29.4. The molecule has 1 saturated carbocycles. The molecule has 2 fully saturated rings. The van der Waals surface area contributed by atoms with E-state index in [1.54, 1.807) is 9.80 Å². The molecule has 4 aliphatic rings. The van der Waals surface area contributed by atoms with Crippen LogP contribution in [0.3, 0.4) is 0 Å². The molecule has 1 aliphatic carbocycles. The number of amidine groups is 1. The minimum absolute atomic E-state index is 0.0241. The van der Waals surface area contributed by atoms with Crippen molar-refractivity contribution >= 4 is 29.0 Å².